The number of H-pyrrole nitrogens is 1. The van der Waals surface area contributed by atoms with Gasteiger partial charge in [0.25, 0.3) is 10.0 Å². The summed E-state index contributed by atoms with van der Waals surface area (Å²) in [7, 11) is -3.48. The second kappa shape index (κ2) is 5.59. The first-order valence-electron chi connectivity index (χ1n) is 6.11. The van der Waals surface area contributed by atoms with E-state index in [1.165, 1.54) is 6.20 Å². The van der Waals surface area contributed by atoms with E-state index >= 15 is 0 Å². The monoisotopic (exact) mass is 291 g/mol. The van der Waals surface area contributed by atoms with E-state index in [-0.39, 0.29) is 11.1 Å². The summed E-state index contributed by atoms with van der Waals surface area (Å²) in [5, 5.41) is 0.132. The second-order valence-corrected chi connectivity index (χ2v) is 6.83. The lowest BCUT2D eigenvalue weighted by molar-refractivity contribution is 0.330. The highest BCUT2D eigenvalue weighted by atomic mass is 35.5. The maximum absolute atomic E-state index is 12.1. The number of alkyl halides is 1. The third-order valence-corrected chi connectivity index (χ3v) is 5.16. The van der Waals surface area contributed by atoms with E-state index in [9.17, 15) is 8.42 Å². The highest BCUT2D eigenvalue weighted by Gasteiger charge is 2.26. The zero-order valence-electron chi connectivity index (χ0n) is 10.3. The molecule has 2 atom stereocenters. The van der Waals surface area contributed by atoms with Gasteiger partial charge in [-0.25, -0.2) is 18.1 Å². The normalized spacial score (nSPS) is 25.2. The fraction of sp³-hybridized carbons (Fsp3) is 0.727. The molecule has 1 aromatic heterocycles. The molecular formula is C11H18ClN3O2S. The predicted octanol–water partition coefficient (Wildman–Crippen LogP) is 1.79. The number of sulfonamides is 1. The minimum Gasteiger partial charge on any atom is -0.332 e. The Hall–Kier alpha value is -0.590. The second-order valence-electron chi connectivity index (χ2n) is 4.84. The quantitative estimate of drug-likeness (QED) is 0.831. The molecule has 2 N–H and O–H groups in total. The largest absolute Gasteiger partial charge is 0.332 e. The van der Waals surface area contributed by atoms with Crippen LogP contribution >= 0.6 is 11.6 Å². The van der Waals surface area contributed by atoms with Crippen LogP contribution in [0.2, 0.25) is 0 Å². The summed E-state index contributed by atoms with van der Waals surface area (Å²) >= 11 is 5.84. The van der Waals surface area contributed by atoms with Crippen LogP contribution < -0.4 is 4.72 Å². The van der Waals surface area contributed by atoms with Gasteiger partial charge in [0.1, 0.15) is 5.82 Å². The van der Waals surface area contributed by atoms with E-state index in [1.807, 2.05) is 0 Å². The van der Waals surface area contributed by atoms with Crippen LogP contribution in [0.4, 0.5) is 0 Å². The van der Waals surface area contributed by atoms with Gasteiger partial charge in [0.15, 0.2) is 5.03 Å². The van der Waals surface area contributed by atoms with Crippen molar-refractivity contribution in [1.82, 2.24) is 14.7 Å². The van der Waals surface area contributed by atoms with Crippen LogP contribution in [-0.4, -0.2) is 30.3 Å². The van der Waals surface area contributed by atoms with Gasteiger partial charge in [0, 0.05) is 11.9 Å². The van der Waals surface area contributed by atoms with Crippen molar-refractivity contribution in [2.75, 3.05) is 5.88 Å². The summed E-state index contributed by atoms with van der Waals surface area (Å²) in [6, 6.07) is -0.0175. The summed E-state index contributed by atoms with van der Waals surface area (Å²) in [6.45, 7) is 1.73. The maximum atomic E-state index is 12.1. The Morgan fingerprint density at radius 2 is 2.33 bits per heavy atom. The van der Waals surface area contributed by atoms with Crippen LogP contribution in [-0.2, 0) is 10.0 Å². The molecule has 2 unspecified atom stereocenters. The highest BCUT2D eigenvalue weighted by Crippen LogP contribution is 2.26. The van der Waals surface area contributed by atoms with Gasteiger partial charge >= 0.3 is 0 Å². The van der Waals surface area contributed by atoms with Gasteiger partial charge < -0.3 is 4.98 Å². The molecular weight excluding hydrogens is 274 g/mol. The molecule has 0 saturated heterocycles. The fourth-order valence-electron chi connectivity index (χ4n) is 2.36. The summed E-state index contributed by atoms with van der Waals surface area (Å²) in [4.78, 5) is 6.65. The van der Waals surface area contributed by atoms with Crippen LogP contribution in [0, 0.1) is 12.8 Å². The Morgan fingerprint density at radius 1 is 1.56 bits per heavy atom. The number of imidazole rings is 1. The first kappa shape index (κ1) is 13.8. The molecule has 1 aliphatic carbocycles. The SMILES string of the molecule is Cc1ncc(S(=O)(=O)NC2CCCC(CCl)C2)[nH]1. The molecule has 1 fully saturated rings. The summed E-state index contributed by atoms with van der Waals surface area (Å²) in [6.07, 6.45) is 5.15. The number of aromatic nitrogens is 2. The number of aromatic amines is 1. The Bertz CT molecular complexity index is 500. The van der Waals surface area contributed by atoms with Crippen molar-refractivity contribution in [1.29, 1.82) is 0 Å². The van der Waals surface area contributed by atoms with Gasteiger partial charge in [-0.2, -0.15) is 0 Å². The first-order chi connectivity index (χ1) is 8.51. The number of nitrogens with one attached hydrogen (secondary N) is 2. The molecule has 0 spiro atoms. The van der Waals surface area contributed by atoms with Crippen molar-refractivity contribution in [2.24, 2.45) is 5.92 Å². The Labute approximate surface area is 112 Å². The number of rotatable bonds is 4. The van der Waals surface area contributed by atoms with Gasteiger partial charge in [-0.05, 0) is 32.1 Å². The molecule has 0 aliphatic heterocycles. The molecule has 1 aliphatic rings. The Kier molecular flexibility index (Phi) is 4.29. The fourth-order valence-corrected chi connectivity index (χ4v) is 3.89. The van der Waals surface area contributed by atoms with E-state index < -0.39 is 10.0 Å². The van der Waals surface area contributed by atoms with Crippen molar-refractivity contribution < 1.29 is 8.42 Å². The van der Waals surface area contributed by atoms with E-state index in [1.54, 1.807) is 6.92 Å². The lowest BCUT2D eigenvalue weighted by Gasteiger charge is -2.28. The highest BCUT2D eigenvalue weighted by molar-refractivity contribution is 7.89. The van der Waals surface area contributed by atoms with Crippen molar-refractivity contribution in [2.45, 2.75) is 43.7 Å². The minimum atomic E-state index is -3.48. The smallest absolute Gasteiger partial charge is 0.257 e. The molecule has 0 amide bonds. The molecule has 7 heteroatoms. The van der Waals surface area contributed by atoms with Gasteiger partial charge in [-0.15, -0.1) is 11.6 Å². The summed E-state index contributed by atoms with van der Waals surface area (Å²) in [5.74, 6) is 1.61. The lowest BCUT2D eigenvalue weighted by atomic mass is 9.87. The number of aryl methyl sites for hydroxylation is 1. The molecule has 0 radical (unpaired) electrons. The predicted molar refractivity (Wildman–Crippen MR) is 70.1 cm³/mol. The number of hydrogen-bond acceptors (Lipinski definition) is 3. The van der Waals surface area contributed by atoms with Gasteiger partial charge in [-0.1, -0.05) is 6.42 Å². The third-order valence-electron chi connectivity index (χ3n) is 3.29. The van der Waals surface area contributed by atoms with Crippen LogP contribution in [0.1, 0.15) is 31.5 Å². The Morgan fingerprint density at radius 3 is 2.94 bits per heavy atom. The molecule has 0 aromatic carbocycles. The topological polar surface area (TPSA) is 74.8 Å². The molecule has 5 nitrogen and oxygen atoms in total. The van der Waals surface area contributed by atoms with Crippen LogP contribution in [0.15, 0.2) is 11.2 Å². The van der Waals surface area contributed by atoms with E-state index in [0.29, 0.717) is 17.6 Å². The number of nitrogens with zero attached hydrogens (tertiary/aromatic N) is 1. The molecule has 102 valence electrons. The third kappa shape index (κ3) is 3.24. The Balaban J connectivity index is 2.04. The standard InChI is InChI=1S/C11H18ClN3O2S/c1-8-13-7-11(14-8)18(16,17)15-10-4-2-3-9(5-10)6-12/h7,9-10,15H,2-6H2,1H3,(H,13,14). The molecule has 1 aromatic rings. The van der Waals surface area contributed by atoms with Crippen LogP contribution in [0.3, 0.4) is 0 Å². The zero-order chi connectivity index (χ0) is 13.2. The zero-order valence-corrected chi connectivity index (χ0v) is 11.9. The molecule has 1 heterocycles. The molecule has 2 rings (SSSR count). The van der Waals surface area contributed by atoms with Gasteiger partial charge in [0.2, 0.25) is 0 Å². The molecule has 18 heavy (non-hydrogen) atoms. The van der Waals surface area contributed by atoms with Gasteiger partial charge in [-0.3, -0.25) is 0 Å². The summed E-state index contributed by atoms with van der Waals surface area (Å²) in [5.41, 5.74) is 0. The van der Waals surface area contributed by atoms with Crippen LogP contribution in [0.5, 0.6) is 0 Å². The lowest BCUT2D eigenvalue weighted by Crippen LogP contribution is -2.38. The van der Waals surface area contributed by atoms with Crippen molar-refractivity contribution in [3.05, 3.63) is 12.0 Å². The van der Waals surface area contributed by atoms with E-state index in [2.05, 4.69) is 14.7 Å². The van der Waals surface area contributed by atoms with E-state index in [4.69, 9.17) is 11.6 Å². The van der Waals surface area contributed by atoms with Gasteiger partial charge in [0.05, 0.1) is 6.20 Å². The summed E-state index contributed by atoms with van der Waals surface area (Å²) < 4.78 is 26.9. The number of hydrogen-bond donors (Lipinski definition) is 2. The van der Waals surface area contributed by atoms with Crippen molar-refractivity contribution >= 4 is 21.6 Å². The molecule has 0 bridgehead atoms. The molecule has 1 saturated carbocycles. The first-order valence-corrected chi connectivity index (χ1v) is 8.13. The van der Waals surface area contributed by atoms with Crippen molar-refractivity contribution in [3.63, 3.8) is 0 Å². The number of halogens is 1. The van der Waals surface area contributed by atoms with E-state index in [0.717, 1.165) is 25.7 Å². The van der Waals surface area contributed by atoms with Crippen LogP contribution in [0.25, 0.3) is 0 Å². The minimum absolute atomic E-state index is 0.0175. The average molecular weight is 292 g/mol. The maximum Gasteiger partial charge on any atom is 0.257 e. The average Bonchev–Trinajstić information content (AvgIpc) is 2.76. The van der Waals surface area contributed by atoms with Crippen molar-refractivity contribution in [3.8, 4) is 0 Å².